The molecular weight excluding hydrogens is 364 g/mol. The first-order chi connectivity index (χ1) is 12.9. The Bertz CT molecular complexity index is 442. The maximum Gasteiger partial charge on any atom is 0.308 e. The van der Waals surface area contributed by atoms with E-state index in [1.807, 2.05) is 19.1 Å². The molecule has 1 saturated carbocycles. The van der Waals surface area contributed by atoms with E-state index in [1.165, 1.54) is 7.11 Å². The third-order valence-corrected chi connectivity index (χ3v) is 6.97. The smallest absolute Gasteiger partial charge is 0.308 e. The predicted octanol–water partition coefficient (Wildman–Crippen LogP) is 3.31. The molecule has 0 aromatic carbocycles. The lowest BCUT2D eigenvalue weighted by Gasteiger charge is -2.23. The molecule has 0 aromatic rings. The molecule has 6 atom stereocenters. The van der Waals surface area contributed by atoms with Gasteiger partial charge in [0.2, 0.25) is 0 Å². The zero-order valence-corrected chi connectivity index (χ0v) is 17.9. The van der Waals surface area contributed by atoms with Crippen molar-refractivity contribution in [1.29, 1.82) is 0 Å². The number of allylic oxidation sites excluding steroid dienone is 2. The summed E-state index contributed by atoms with van der Waals surface area (Å²) in [7, 11) is 1.40. The second kappa shape index (κ2) is 13.6. The number of aliphatic hydroxyl groups is 3. The third kappa shape index (κ3) is 8.99. The van der Waals surface area contributed by atoms with E-state index in [4.69, 9.17) is 4.74 Å². The molecule has 0 saturated heterocycles. The average molecular weight is 403 g/mol. The van der Waals surface area contributed by atoms with Gasteiger partial charge in [-0.3, -0.25) is 4.79 Å². The number of carbonyl (C=O) groups is 1. The van der Waals surface area contributed by atoms with Crippen LogP contribution in [0.4, 0.5) is 0 Å². The number of methoxy groups -OCH3 is 1. The van der Waals surface area contributed by atoms with Crippen molar-refractivity contribution >= 4 is 17.7 Å². The highest BCUT2D eigenvalue weighted by Crippen LogP contribution is 2.38. The summed E-state index contributed by atoms with van der Waals surface area (Å²) < 4.78 is 4.72. The quantitative estimate of drug-likeness (QED) is 0.249. The van der Waals surface area contributed by atoms with E-state index in [0.29, 0.717) is 18.6 Å². The number of rotatable bonds is 13. The Hall–Kier alpha value is -0.560. The third-order valence-electron chi connectivity index (χ3n) is 5.35. The van der Waals surface area contributed by atoms with Gasteiger partial charge in [-0.25, -0.2) is 0 Å². The van der Waals surface area contributed by atoms with Crippen LogP contribution in [0.1, 0.15) is 65.2 Å². The van der Waals surface area contributed by atoms with Crippen molar-refractivity contribution in [2.24, 2.45) is 11.8 Å². The highest BCUT2D eigenvalue weighted by Gasteiger charge is 2.41. The lowest BCUT2D eigenvalue weighted by Crippen LogP contribution is -2.26. The molecular formula is C21H38O5S. The van der Waals surface area contributed by atoms with Crippen LogP contribution in [0, 0.1) is 11.8 Å². The molecule has 3 N–H and O–H groups in total. The van der Waals surface area contributed by atoms with Crippen LogP contribution in [-0.4, -0.2) is 57.7 Å². The SMILES string of the molecule is CCCCCC(O)CS[C@H]1C(O)CC(O)[C@@H]1CC=CCCC(C)C(=O)OC. The fraction of sp³-hybridized carbons (Fsp3) is 0.857. The highest BCUT2D eigenvalue weighted by molar-refractivity contribution is 8.00. The van der Waals surface area contributed by atoms with Crippen molar-refractivity contribution in [1.82, 2.24) is 0 Å². The Labute approximate surface area is 168 Å². The minimum Gasteiger partial charge on any atom is -0.469 e. The van der Waals surface area contributed by atoms with Crippen molar-refractivity contribution in [2.45, 2.75) is 88.8 Å². The molecule has 0 heterocycles. The number of carbonyl (C=O) groups excluding carboxylic acids is 1. The summed E-state index contributed by atoms with van der Waals surface area (Å²) in [4.78, 5) is 11.4. The first-order valence-corrected chi connectivity index (χ1v) is 11.3. The molecule has 158 valence electrons. The number of unbranched alkanes of at least 4 members (excludes halogenated alkanes) is 2. The highest BCUT2D eigenvalue weighted by atomic mass is 32.2. The fourth-order valence-corrected chi connectivity index (χ4v) is 5.04. The summed E-state index contributed by atoms with van der Waals surface area (Å²) >= 11 is 1.59. The Balaban J connectivity index is 2.39. The normalized spacial score (nSPS) is 27.8. The van der Waals surface area contributed by atoms with E-state index in [-0.39, 0.29) is 29.2 Å². The molecule has 1 rings (SSSR count). The van der Waals surface area contributed by atoms with Crippen molar-refractivity contribution in [3.8, 4) is 0 Å². The molecule has 0 aliphatic heterocycles. The fourth-order valence-electron chi connectivity index (χ4n) is 3.56. The zero-order valence-electron chi connectivity index (χ0n) is 17.0. The first kappa shape index (κ1) is 24.5. The van der Waals surface area contributed by atoms with Crippen LogP contribution < -0.4 is 0 Å². The summed E-state index contributed by atoms with van der Waals surface area (Å²) in [6.07, 6.45) is 9.45. The van der Waals surface area contributed by atoms with Gasteiger partial charge in [0.1, 0.15) is 0 Å². The molecule has 1 aliphatic carbocycles. The van der Waals surface area contributed by atoms with E-state index in [1.54, 1.807) is 11.8 Å². The molecule has 0 radical (unpaired) electrons. The molecule has 1 aliphatic rings. The van der Waals surface area contributed by atoms with Gasteiger partial charge in [0.15, 0.2) is 0 Å². The molecule has 1 fully saturated rings. The van der Waals surface area contributed by atoms with Crippen LogP contribution in [0.15, 0.2) is 12.2 Å². The van der Waals surface area contributed by atoms with Gasteiger partial charge in [-0.05, 0) is 25.7 Å². The summed E-state index contributed by atoms with van der Waals surface area (Å²) in [6.45, 7) is 4.00. The lowest BCUT2D eigenvalue weighted by molar-refractivity contribution is -0.145. The lowest BCUT2D eigenvalue weighted by atomic mass is 10.00. The van der Waals surface area contributed by atoms with Gasteiger partial charge in [0.25, 0.3) is 0 Å². The standard InChI is InChI=1S/C21H38O5S/c1-4-5-7-11-16(22)14-27-20-17(18(23)13-19(20)24)12-9-6-8-10-15(2)21(25)26-3/h6,9,15-20,22-24H,4-5,7-8,10-14H2,1-3H3/t15?,16?,17-,18?,19?,20+/m0/s1. The van der Waals surface area contributed by atoms with Gasteiger partial charge in [-0.2, -0.15) is 11.8 Å². The maximum absolute atomic E-state index is 11.4. The predicted molar refractivity (Wildman–Crippen MR) is 111 cm³/mol. The van der Waals surface area contributed by atoms with E-state index in [0.717, 1.165) is 38.5 Å². The molecule has 4 unspecified atom stereocenters. The number of ether oxygens (including phenoxy) is 1. The van der Waals surface area contributed by atoms with Crippen molar-refractivity contribution in [3.63, 3.8) is 0 Å². The molecule has 6 heteroatoms. The zero-order chi connectivity index (χ0) is 20.2. The van der Waals surface area contributed by atoms with Crippen molar-refractivity contribution in [2.75, 3.05) is 12.9 Å². The molecule has 0 aromatic heterocycles. The Morgan fingerprint density at radius 3 is 2.63 bits per heavy atom. The van der Waals surface area contributed by atoms with Crippen molar-refractivity contribution in [3.05, 3.63) is 12.2 Å². The monoisotopic (exact) mass is 402 g/mol. The van der Waals surface area contributed by atoms with E-state index in [9.17, 15) is 20.1 Å². The Morgan fingerprint density at radius 2 is 1.96 bits per heavy atom. The van der Waals surface area contributed by atoms with Crippen LogP contribution in [0.5, 0.6) is 0 Å². The van der Waals surface area contributed by atoms with Gasteiger partial charge in [0.05, 0.1) is 31.3 Å². The molecule has 0 amide bonds. The molecule has 5 nitrogen and oxygen atoms in total. The Morgan fingerprint density at radius 1 is 1.22 bits per heavy atom. The minimum absolute atomic E-state index is 0.00197. The van der Waals surface area contributed by atoms with Crippen LogP contribution in [-0.2, 0) is 9.53 Å². The number of thioether (sulfide) groups is 1. The maximum atomic E-state index is 11.4. The summed E-state index contributed by atoms with van der Waals surface area (Å²) in [6, 6.07) is 0. The largest absolute Gasteiger partial charge is 0.469 e. The Kier molecular flexibility index (Phi) is 12.3. The van der Waals surface area contributed by atoms with Crippen LogP contribution in [0.2, 0.25) is 0 Å². The molecule has 0 spiro atoms. The van der Waals surface area contributed by atoms with Gasteiger partial charge in [0, 0.05) is 23.3 Å². The summed E-state index contributed by atoms with van der Waals surface area (Å²) in [5.74, 6) is 0.305. The molecule has 0 bridgehead atoms. The van der Waals surface area contributed by atoms with Crippen LogP contribution in [0.3, 0.4) is 0 Å². The first-order valence-electron chi connectivity index (χ1n) is 10.3. The second-order valence-corrected chi connectivity index (χ2v) is 8.90. The molecule has 27 heavy (non-hydrogen) atoms. The number of aliphatic hydroxyl groups excluding tert-OH is 3. The summed E-state index contributed by atoms with van der Waals surface area (Å²) in [5.41, 5.74) is 0. The minimum atomic E-state index is -0.523. The van der Waals surface area contributed by atoms with Crippen LogP contribution >= 0.6 is 11.8 Å². The van der Waals surface area contributed by atoms with Crippen molar-refractivity contribution < 1.29 is 24.9 Å². The number of hydrogen-bond donors (Lipinski definition) is 3. The number of esters is 1. The number of hydrogen-bond acceptors (Lipinski definition) is 6. The second-order valence-electron chi connectivity index (χ2n) is 7.69. The summed E-state index contributed by atoms with van der Waals surface area (Å²) in [5, 5.41) is 30.6. The van der Waals surface area contributed by atoms with Gasteiger partial charge >= 0.3 is 5.97 Å². The average Bonchev–Trinajstić information content (AvgIpc) is 2.91. The topological polar surface area (TPSA) is 87.0 Å². The van der Waals surface area contributed by atoms with E-state index < -0.39 is 12.2 Å². The van der Waals surface area contributed by atoms with Gasteiger partial charge in [-0.15, -0.1) is 0 Å². The van der Waals surface area contributed by atoms with Gasteiger partial charge in [-0.1, -0.05) is 45.3 Å². The van der Waals surface area contributed by atoms with Crippen LogP contribution in [0.25, 0.3) is 0 Å². The van der Waals surface area contributed by atoms with Gasteiger partial charge < -0.3 is 20.1 Å². The van der Waals surface area contributed by atoms with E-state index in [2.05, 4.69) is 6.92 Å². The van der Waals surface area contributed by atoms with E-state index >= 15 is 0 Å².